The Kier molecular flexibility index (Phi) is 6.57. The van der Waals surface area contributed by atoms with E-state index in [1.54, 1.807) is 6.92 Å². The number of carbonyl (C=O) groups is 2. The summed E-state index contributed by atoms with van der Waals surface area (Å²) in [6.07, 6.45) is 0. The van der Waals surface area contributed by atoms with E-state index in [4.69, 9.17) is 16.3 Å². The average Bonchev–Trinajstić information content (AvgIpc) is 2.45. The van der Waals surface area contributed by atoms with Crippen molar-refractivity contribution in [3.05, 3.63) is 33.3 Å². The molecule has 0 aliphatic heterocycles. The molecule has 1 rings (SSSR count). The minimum absolute atomic E-state index is 0.0664. The lowest BCUT2D eigenvalue weighted by Crippen LogP contribution is -2.23. The van der Waals surface area contributed by atoms with Crippen molar-refractivity contribution in [3.63, 3.8) is 0 Å². The van der Waals surface area contributed by atoms with Crippen molar-refractivity contribution in [1.82, 2.24) is 0 Å². The van der Waals surface area contributed by atoms with Crippen LogP contribution >= 0.6 is 11.6 Å². The van der Waals surface area contributed by atoms with Gasteiger partial charge in [0.25, 0.3) is 11.6 Å². The summed E-state index contributed by atoms with van der Waals surface area (Å²) in [4.78, 5) is 32.7. The zero-order valence-corrected chi connectivity index (χ0v) is 11.9. The molecule has 9 heteroatoms. The summed E-state index contributed by atoms with van der Waals surface area (Å²) < 4.78 is 9.45. The van der Waals surface area contributed by atoms with Gasteiger partial charge < -0.3 is 14.8 Å². The number of nitro groups is 1. The highest BCUT2D eigenvalue weighted by atomic mass is 35.5. The summed E-state index contributed by atoms with van der Waals surface area (Å²) in [6, 6.07) is 3.61. The summed E-state index contributed by atoms with van der Waals surface area (Å²) in [7, 11) is 0. The number of amides is 1. The van der Waals surface area contributed by atoms with Gasteiger partial charge in [-0.05, 0) is 13.0 Å². The normalized spacial score (nSPS) is 10.0. The van der Waals surface area contributed by atoms with E-state index in [1.807, 2.05) is 0 Å². The van der Waals surface area contributed by atoms with Crippen molar-refractivity contribution in [2.75, 3.05) is 25.1 Å². The minimum atomic E-state index is -0.683. The van der Waals surface area contributed by atoms with Crippen LogP contribution in [0.5, 0.6) is 0 Å². The largest absolute Gasteiger partial charge is 0.454 e. The molecule has 0 aliphatic carbocycles. The fourth-order valence-electron chi connectivity index (χ4n) is 1.28. The first-order chi connectivity index (χ1) is 9.93. The summed E-state index contributed by atoms with van der Waals surface area (Å²) in [5.74, 6) is -1.35. The highest BCUT2D eigenvalue weighted by Crippen LogP contribution is 2.26. The smallest absolute Gasteiger partial charge is 0.332 e. The number of nitro benzene ring substituents is 1. The summed E-state index contributed by atoms with van der Waals surface area (Å²) in [6.45, 7) is 1.28. The van der Waals surface area contributed by atoms with Crippen molar-refractivity contribution in [2.45, 2.75) is 6.92 Å². The highest BCUT2D eigenvalue weighted by molar-refractivity contribution is 6.33. The van der Waals surface area contributed by atoms with E-state index in [1.165, 1.54) is 12.1 Å². The molecule has 0 fully saturated rings. The van der Waals surface area contributed by atoms with E-state index in [2.05, 4.69) is 10.1 Å². The molecular weight excluding hydrogens is 304 g/mol. The quantitative estimate of drug-likeness (QED) is 0.466. The molecule has 8 nitrogen and oxygen atoms in total. The predicted octanol–water partition coefficient (Wildman–Crippen LogP) is 1.77. The third-order valence-corrected chi connectivity index (χ3v) is 2.55. The Morgan fingerprint density at radius 3 is 2.71 bits per heavy atom. The molecule has 0 atom stereocenters. The first-order valence-corrected chi connectivity index (χ1v) is 6.29. The molecule has 0 saturated heterocycles. The topological polar surface area (TPSA) is 108 Å². The number of ether oxygens (including phenoxy) is 2. The van der Waals surface area contributed by atoms with Crippen molar-refractivity contribution in [1.29, 1.82) is 0 Å². The molecule has 1 aromatic rings. The van der Waals surface area contributed by atoms with Gasteiger partial charge in [-0.3, -0.25) is 14.9 Å². The Labute approximate surface area is 125 Å². The van der Waals surface area contributed by atoms with Crippen LogP contribution in [-0.2, 0) is 19.1 Å². The predicted molar refractivity (Wildman–Crippen MR) is 74.2 cm³/mol. The molecule has 0 spiro atoms. The maximum absolute atomic E-state index is 11.6. The number of nitrogens with zero attached hydrogens (tertiary/aromatic N) is 1. The number of benzene rings is 1. The van der Waals surface area contributed by atoms with Gasteiger partial charge in [0, 0.05) is 18.7 Å². The minimum Gasteiger partial charge on any atom is -0.454 e. The van der Waals surface area contributed by atoms with Crippen LogP contribution in [0.4, 0.5) is 11.4 Å². The van der Waals surface area contributed by atoms with Gasteiger partial charge in [-0.25, -0.2) is 4.79 Å². The van der Waals surface area contributed by atoms with Gasteiger partial charge in [0.2, 0.25) is 0 Å². The zero-order chi connectivity index (χ0) is 15.8. The van der Waals surface area contributed by atoms with Crippen LogP contribution in [0.25, 0.3) is 0 Å². The Bertz CT molecular complexity index is 549. The third-order valence-electron chi connectivity index (χ3n) is 2.22. The molecule has 1 aromatic carbocycles. The number of esters is 1. The van der Waals surface area contributed by atoms with Gasteiger partial charge >= 0.3 is 5.97 Å². The zero-order valence-electron chi connectivity index (χ0n) is 11.1. The van der Waals surface area contributed by atoms with E-state index >= 15 is 0 Å². The first kappa shape index (κ1) is 16.9. The second-order valence-electron chi connectivity index (χ2n) is 3.77. The molecule has 0 bridgehead atoms. The maximum atomic E-state index is 11.6. The van der Waals surface area contributed by atoms with Gasteiger partial charge in [0.1, 0.15) is 6.61 Å². The molecule has 21 heavy (non-hydrogen) atoms. The van der Waals surface area contributed by atoms with Crippen LogP contribution < -0.4 is 5.32 Å². The Balaban J connectivity index is 2.56. The number of halogens is 1. The Hall–Kier alpha value is -2.19. The second kappa shape index (κ2) is 8.18. The molecule has 0 unspecified atom stereocenters. The Morgan fingerprint density at radius 2 is 2.10 bits per heavy atom. The monoisotopic (exact) mass is 316 g/mol. The molecular formula is C12H13ClN2O6. The molecule has 0 heterocycles. The third kappa shape index (κ3) is 5.76. The van der Waals surface area contributed by atoms with Gasteiger partial charge in [-0.2, -0.15) is 0 Å². The lowest BCUT2D eigenvalue weighted by atomic mass is 10.3. The molecule has 1 amide bonds. The lowest BCUT2D eigenvalue weighted by Gasteiger charge is -2.08. The van der Waals surface area contributed by atoms with Gasteiger partial charge in [0.15, 0.2) is 6.61 Å². The molecule has 114 valence electrons. The van der Waals surface area contributed by atoms with Gasteiger partial charge in [0.05, 0.1) is 15.6 Å². The first-order valence-electron chi connectivity index (χ1n) is 5.91. The number of hydrogen-bond acceptors (Lipinski definition) is 6. The Morgan fingerprint density at radius 1 is 1.38 bits per heavy atom. The van der Waals surface area contributed by atoms with Crippen molar-refractivity contribution < 1.29 is 24.0 Å². The van der Waals surface area contributed by atoms with E-state index in [0.717, 1.165) is 6.07 Å². The van der Waals surface area contributed by atoms with Crippen molar-refractivity contribution in [2.24, 2.45) is 0 Å². The van der Waals surface area contributed by atoms with Crippen molar-refractivity contribution in [3.8, 4) is 0 Å². The number of carbonyl (C=O) groups excluding carboxylic acids is 2. The highest BCUT2D eigenvalue weighted by Gasteiger charge is 2.13. The fourth-order valence-corrected chi connectivity index (χ4v) is 1.45. The van der Waals surface area contributed by atoms with Crippen LogP contribution in [-0.4, -0.2) is 36.6 Å². The van der Waals surface area contributed by atoms with Crippen LogP contribution in [0, 0.1) is 10.1 Å². The van der Waals surface area contributed by atoms with Crippen LogP contribution in [0.1, 0.15) is 6.92 Å². The molecule has 0 aliphatic rings. The van der Waals surface area contributed by atoms with E-state index in [0.29, 0.717) is 6.61 Å². The average molecular weight is 317 g/mol. The van der Waals surface area contributed by atoms with E-state index in [9.17, 15) is 19.7 Å². The molecule has 0 radical (unpaired) electrons. The second-order valence-corrected chi connectivity index (χ2v) is 4.17. The fraction of sp³-hybridized carbons (Fsp3) is 0.333. The number of nitrogens with one attached hydrogen (secondary N) is 1. The summed E-state index contributed by atoms with van der Waals surface area (Å²) >= 11 is 5.81. The summed E-state index contributed by atoms with van der Waals surface area (Å²) in [5, 5.41) is 13.1. The standard InChI is InChI=1S/C12H13ClN2O6/c1-2-20-7-12(17)21-6-11(16)14-10-5-8(15(18)19)3-4-9(10)13/h3-5H,2,6-7H2,1H3,(H,14,16). The molecule has 1 N–H and O–H groups in total. The van der Waals surface area contributed by atoms with Crippen LogP contribution in [0.3, 0.4) is 0 Å². The number of rotatable bonds is 7. The van der Waals surface area contributed by atoms with Crippen molar-refractivity contribution >= 4 is 34.9 Å². The maximum Gasteiger partial charge on any atom is 0.332 e. The number of non-ortho nitro benzene ring substituents is 1. The van der Waals surface area contributed by atoms with Gasteiger partial charge in [-0.15, -0.1) is 0 Å². The van der Waals surface area contributed by atoms with Crippen LogP contribution in [0.15, 0.2) is 18.2 Å². The van der Waals surface area contributed by atoms with E-state index < -0.39 is 23.4 Å². The molecule has 0 aromatic heterocycles. The van der Waals surface area contributed by atoms with Crippen LogP contribution in [0.2, 0.25) is 5.02 Å². The number of anilines is 1. The van der Waals surface area contributed by atoms with Gasteiger partial charge in [-0.1, -0.05) is 11.6 Å². The van der Waals surface area contributed by atoms with E-state index in [-0.39, 0.29) is 23.0 Å². The molecule has 0 saturated carbocycles. The summed E-state index contributed by atoms with van der Waals surface area (Å²) in [5.41, 5.74) is -0.153. The lowest BCUT2D eigenvalue weighted by molar-refractivity contribution is -0.384. The number of hydrogen-bond donors (Lipinski definition) is 1. The SMILES string of the molecule is CCOCC(=O)OCC(=O)Nc1cc([N+](=O)[O-])ccc1Cl.